The summed E-state index contributed by atoms with van der Waals surface area (Å²) in [5, 5.41) is 3.22. The van der Waals surface area contributed by atoms with Crippen LogP contribution in [0.25, 0.3) is 0 Å². The summed E-state index contributed by atoms with van der Waals surface area (Å²) < 4.78 is 0. The Morgan fingerprint density at radius 2 is 1.77 bits per heavy atom. The van der Waals surface area contributed by atoms with E-state index in [4.69, 9.17) is 11.6 Å². The highest BCUT2D eigenvalue weighted by molar-refractivity contribution is 6.30. The quantitative estimate of drug-likeness (QED) is 0.835. The van der Waals surface area contributed by atoms with Gasteiger partial charge in [-0.05, 0) is 43.4 Å². The van der Waals surface area contributed by atoms with Crippen LogP contribution >= 0.6 is 11.6 Å². The van der Waals surface area contributed by atoms with Crippen LogP contribution in [0.4, 0.5) is 17.2 Å². The zero-order valence-electron chi connectivity index (χ0n) is 15.4. The first-order chi connectivity index (χ1) is 12.4. The summed E-state index contributed by atoms with van der Waals surface area (Å²) >= 11 is 6.03. The number of benzene rings is 1. The lowest BCUT2D eigenvalue weighted by Gasteiger charge is -2.34. The van der Waals surface area contributed by atoms with Crippen molar-refractivity contribution >= 4 is 34.7 Å². The molecule has 26 heavy (non-hydrogen) atoms. The van der Waals surface area contributed by atoms with Crippen molar-refractivity contribution in [3.8, 4) is 0 Å². The molecule has 1 fully saturated rings. The summed E-state index contributed by atoms with van der Waals surface area (Å²) in [6.45, 7) is 4.17. The SMILES string of the molecule is CN1CCN(c2ccc(NC(=O)c3cc(Cl)nc(N(C)C)c3)cc2)CC1. The summed E-state index contributed by atoms with van der Waals surface area (Å²) in [5.41, 5.74) is 2.42. The van der Waals surface area contributed by atoms with Gasteiger partial charge in [0.25, 0.3) is 5.91 Å². The second-order valence-corrected chi connectivity index (χ2v) is 7.11. The Balaban J connectivity index is 1.68. The molecule has 1 saturated heterocycles. The molecule has 7 heteroatoms. The topological polar surface area (TPSA) is 51.7 Å². The molecule has 0 atom stereocenters. The lowest BCUT2D eigenvalue weighted by molar-refractivity contribution is 0.102. The van der Waals surface area contributed by atoms with Gasteiger partial charge in [-0.15, -0.1) is 0 Å². The third kappa shape index (κ3) is 4.45. The molecule has 0 spiro atoms. The first-order valence-electron chi connectivity index (χ1n) is 8.62. The van der Waals surface area contributed by atoms with Crippen molar-refractivity contribution in [1.82, 2.24) is 9.88 Å². The molecule has 1 aliphatic heterocycles. The van der Waals surface area contributed by atoms with Crippen LogP contribution in [0.15, 0.2) is 36.4 Å². The number of hydrogen-bond acceptors (Lipinski definition) is 5. The smallest absolute Gasteiger partial charge is 0.255 e. The number of anilines is 3. The van der Waals surface area contributed by atoms with E-state index in [1.165, 1.54) is 5.69 Å². The van der Waals surface area contributed by atoms with Gasteiger partial charge in [-0.25, -0.2) is 4.98 Å². The molecule has 1 aliphatic rings. The molecule has 0 bridgehead atoms. The van der Waals surface area contributed by atoms with Crippen molar-refractivity contribution in [2.75, 3.05) is 62.4 Å². The van der Waals surface area contributed by atoms with Crippen LogP contribution in [0.3, 0.4) is 0 Å². The van der Waals surface area contributed by atoms with E-state index >= 15 is 0 Å². The van der Waals surface area contributed by atoms with Gasteiger partial charge >= 0.3 is 0 Å². The van der Waals surface area contributed by atoms with Gasteiger partial charge < -0.3 is 20.0 Å². The molecular weight excluding hydrogens is 350 g/mol. The van der Waals surface area contributed by atoms with Gasteiger partial charge in [-0.3, -0.25) is 4.79 Å². The maximum Gasteiger partial charge on any atom is 0.255 e. The minimum atomic E-state index is -0.204. The van der Waals surface area contributed by atoms with E-state index < -0.39 is 0 Å². The number of piperazine rings is 1. The fraction of sp³-hybridized carbons (Fsp3) is 0.368. The van der Waals surface area contributed by atoms with Crippen molar-refractivity contribution in [3.05, 3.63) is 47.1 Å². The fourth-order valence-corrected chi connectivity index (χ4v) is 3.07. The van der Waals surface area contributed by atoms with Crippen LogP contribution in [-0.2, 0) is 0 Å². The van der Waals surface area contributed by atoms with Crippen LogP contribution in [0.1, 0.15) is 10.4 Å². The molecule has 0 aliphatic carbocycles. The molecule has 1 aromatic heterocycles. The average molecular weight is 374 g/mol. The highest BCUT2D eigenvalue weighted by Gasteiger charge is 2.15. The van der Waals surface area contributed by atoms with Gasteiger partial charge in [-0.1, -0.05) is 11.6 Å². The molecule has 0 unspecified atom stereocenters. The van der Waals surface area contributed by atoms with Crippen molar-refractivity contribution in [2.45, 2.75) is 0 Å². The molecule has 6 nitrogen and oxygen atoms in total. The van der Waals surface area contributed by atoms with Crippen LogP contribution < -0.4 is 15.1 Å². The van der Waals surface area contributed by atoms with Crippen molar-refractivity contribution in [3.63, 3.8) is 0 Å². The van der Waals surface area contributed by atoms with E-state index in [0.29, 0.717) is 16.5 Å². The number of halogens is 1. The number of rotatable bonds is 4. The van der Waals surface area contributed by atoms with Gasteiger partial charge in [-0.2, -0.15) is 0 Å². The zero-order valence-corrected chi connectivity index (χ0v) is 16.1. The Hall–Kier alpha value is -2.31. The standard InChI is InChI=1S/C19H24ClN5O/c1-23(2)18-13-14(12-17(20)22-18)19(26)21-15-4-6-16(7-5-15)25-10-8-24(3)9-11-25/h4-7,12-13H,8-11H2,1-3H3,(H,21,26). The number of hydrogen-bond donors (Lipinski definition) is 1. The predicted octanol–water partition coefficient (Wildman–Crippen LogP) is 2.81. The number of nitrogens with zero attached hydrogens (tertiary/aromatic N) is 4. The summed E-state index contributed by atoms with van der Waals surface area (Å²) in [4.78, 5) is 23.2. The fourth-order valence-electron chi connectivity index (χ4n) is 2.87. The largest absolute Gasteiger partial charge is 0.369 e. The van der Waals surface area contributed by atoms with Gasteiger partial charge in [0, 0.05) is 57.2 Å². The highest BCUT2D eigenvalue weighted by Crippen LogP contribution is 2.21. The Morgan fingerprint density at radius 3 is 2.38 bits per heavy atom. The van der Waals surface area contributed by atoms with Crippen LogP contribution in [0, 0.1) is 0 Å². The second kappa shape index (κ2) is 7.93. The number of likely N-dealkylation sites (N-methyl/N-ethyl adjacent to an activating group) is 1. The lowest BCUT2D eigenvalue weighted by Crippen LogP contribution is -2.44. The molecule has 2 aromatic rings. The van der Waals surface area contributed by atoms with E-state index in [1.54, 1.807) is 12.1 Å². The minimum Gasteiger partial charge on any atom is -0.369 e. The van der Waals surface area contributed by atoms with E-state index in [9.17, 15) is 4.79 Å². The number of pyridine rings is 1. The normalized spacial score (nSPS) is 15.0. The molecule has 138 valence electrons. The van der Waals surface area contributed by atoms with Crippen molar-refractivity contribution < 1.29 is 4.79 Å². The predicted molar refractivity (Wildman–Crippen MR) is 108 cm³/mol. The van der Waals surface area contributed by atoms with E-state index in [0.717, 1.165) is 31.9 Å². The minimum absolute atomic E-state index is 0.204. The van der Waals surface area contributed by atoms with Gasteiger partial charge in [0.1, 0.15) is 11.0 Å². The number of nitrogens with one attached hydrogen (secondary N) is 1. The Labute approximate surface area is 159 Å². The molecule has 1 aromatic carbocycles. The third-order valence-electron chi connectivity index (χ3n) is 4.49. The van der Waals surface area contributed by atoms with E-state index in [1.807, 2.05) is 43.3 Å². The summed E-state index contributed by atoms with van der Waals surface area (Å²) in [7, 11) is 5.86. The number of carbonyl (C=O) groups excluding carboxylic acids is 1. The number of carbonyl (C=O) groups is 1. The molecule has 3 rings (SSSR count). The monoisotopic (exact) mass is 373 g/mol. The molecule has 1 amide bonds. The lowest BCUT2D eigenvalue weighted by atomic mass is 10.2. The summed E-state index contributed by atoms with van der Waals surface area (Å²) in [6.07, 6.45) is 0. The van der Waals surface area contributed by atoms with E-state index in [2.05, 4.69) is 27.1 Å². The Kier molecular flexibility index (Phi) is 5.64. The maximum absolute atomic E-state index is 12.5. The van der Waals surface area contributed by atoms with E-state index in [-0.39, 0.29) is 5.91 Å². The molecule has 0 radical (unpaired) electrons. The first-order valence-corrected chi connectivity index (χ1v) is 9.00. The van der Waals surface area contributed by atoms with Gasteiger partial charge in [0.05, 0.1) is 0 Å². The average Bonchev–Trinajstić information content (AvgIpc) is 2.62. The molecular formula is C19H24ClN5O. The summed E-state index contributed by atoms with van der Waals surface area (Å²) in [6, 6.07) is 11.3. The van der Waals surface area contributed by atoms with Crippen LogP contribution in [-0.4, -0.2) is 63.1 Å². The maximum atomic E-state index is 12.5. The van der Waals surface area contributed by atoms with Gasteiger partial charge in [0.15, 0.2) is 0 Å². The second-order valence-electron chi connectivity index (χ2n) is 6.72. The van der Waals surface area contributed by atoms with Crippen molar-refractivity contribution in [2.24, 2.45) is 0 Å². The highest BCUT2D eigenvalue weighted by atomic mass is 35.5. The molecule has 1 N–H and O–H groups in total. The molecule has 2 heterocycles. The number of amides is 1. The van der Waals surface area contributed by atoms with Gasteiger partial charge in [0.2, 0.25) is 0 Å². The van der Waals surface area contributed by atoms with Crippen LogP contribution in [0.5, 0.6) is 0 Å². The first kappa shape index (κ1) is 18.5. The Morgan fingerprint density at radius 1 is 1.12 bits per heavy atom. The number of aromatic nitrogens is 1. The van der Waals surface area contributed by atoms with Crippen LogP contribution in [0.2, 0.25) is 5.15 Å². The Bertz CT molecular complexity index is 770. The zero-order chi connectivity index (χ0) is 18.7. The van der Waals surface area contributed by atoms with Crippen molar-refractivity contribution in [1.29, 1.82) is 0 Å². The third-order valence-corrected chi connectivity index (χ3v) is 4.69. The molecule has 0 saturated carbocycles. The summed E-state index contributed by atoms with van der Waals surface area (Å²) in [5.74, 6) is 0.442.